The lowest BCUT2D eigenvalue weighted by atomic mass is 10.1. The summed E-state index contributed by atoms with van der Waals surface area (Å²) in [6.45, 7) is 7.15. The van der Waals surface area contributed by atoms with E-state index in [1.807, 2.05) is 11.8 Å². The maximum absolute atomic E-state index is 3.59. The number of nitrogens with one attached hydrogen (secondary N) is 1. The fraction of sp³-hybridized carbons (Fsp3) is 0.625. The topological polar surface area (TPSA) is 15.3 Å². The van der Waals surface area contributed by atoms with Crippen LogP contribution in [0.15, 0.2) is 35.2 Å². The first-order valence-corrected chi connectivity index (χ1v) is 8.47. The number of benzene rings is 1. The lowest BCUT2D eigenvalue weighted by Crippen LogP contribution is -2.43. The first-order valence-electron chi connectivity index (χ1n) is 7.49. The molecule has 1 fully saturated rings. The second kappa shape index (κ2) is 8.62. The first-order chi connectivity index (χ1) is 9.36. The highest BCUT2D eigenvalue weighted by Crippen LogP contribution is 2.16. The zero-order valence-electron chi connectivity index (χ0n) is 12.0. The van der Waals surface area contributed by atoms with Crippen molar-refractivity contribution in [1.82, 2.24) is 10.2 Å². The van der Waals surface area contributed by atoms with Crippen molar-refractivity contribution in [3.63, 3.8) is 0 Å². The summed E-state index contributed by atoms with van der Waals surface area (Å²) in [7, 11) is 0. The highest BCUT2D eigenvalue weighted by atomic mass is 32.2. The van der Waals surface area contributed by atoms with Gasteiger partial charge in [-0.25, -0.2) is 0 Å². The summed E-state index contributed by atoms with van der Waals surface area (Å²) in [6, 6.07) is 11.3. The Balaban J connectivity index is 1.54. The SMILES string of the molecule is CC(CNCCSc1ccccc1)N1CCCCC1. The van der Waals surface area contributed by atoms with Crippen LogP contribution in [0.25, 0.3) is 0 Å². The molecule has 0 spiro atoms. The maximum Gasteiger partial charge on any atom is 0.0192 e. The van der Waals surface area contributed by atoms with Crippen LogP contribution in [0.1, 0.15) is 26.2 Å². The molecule has 106 valence electrons. The first kappa shape index (κ1) is 14.9. The van der Waals surface area contributed by atoms with Crippen LogP contribution in [-0.2, 0) is 0 Å². The van der Waals surface area contributed by atoms with Gasteiger partial charge in [-0.3, -0.25) is 4.90 Å². The van der Waals surface area contributed by atoms with Crippen LogP contribution in [0.4, 0.5) is 0 Å². The molecular formula is C16H26N2S. The maximum atomic E-state index is 3.59. The summed E-state index contributed by atoms with van der Waals surface area (Å²) in [6.07, 6.45) is 4.19. The summed E-state index contributed by atoms with van der Waals surface area (Å²) in [5, 5.41) is 3.59. The summed E-state index contributed by atoms with van der Waals surface area (Å²) in [4.78, 5) is 3.99. The van der Waals surface area contributed by atoms with E-state index in [9.17, 15) is 0 Å². The van der Waals surface area contributed by atoms with E-state index >= 15 is 0 Å². The van der Waals surface area contributed by atoms with E-state index in [0.29, 0.717) is 6.04 Å². The molecule has 0 aromatic heterocycles. The number of hydrogen-bond acceptors (Lipinski definition) is 3. The van der Waals surface area contributed by atoms with E-state index in [0.717, 1.165) is 18.8 Å². The van der Waals surface area contributed by atoms with Gasteiger partial charge in [0.2, 0.25) is 0 Å². The molecule has 2 nitrogen and oxygen atoms in total. The Kier molecular flexibility index (Phi) is 6.75. The van der Waals surface area contributed by atoms with Crippen LogP contribution in [0.5, 0.6) is 0 Å². The van der Waals surface area contributed by atoms with Gasteiger partial charge in [-0.2, -0.15) is 0 Å². The molecule has 1 atom stereocenters. The zero-order valence-corrected chi connectivity index (χ0v) is 12.8. The summed E-state index contributed by atoms with van der Waals surface area (Å²) < 4.78 is 0. The van der Waals surface area contributed by atoms with Crippen molar-refractivity contribution in [2.75, 3.05) is 31.9 Å². The Labute approximate surface area is 122 Å². The molecule has 1 aromatic rings. The average molecular weight is 278 g/mol. The average Bonchev–Trinajstić information content (AvgIpc) is 2.49. The van der Waals surface area contributed by atoms with Gasteiger partial charge in [-0.15, -0.1) is 11.8 Å². The number of rotatable bonds is 7. The highest BCUT2D eigenvalue weighted by molar-refractivity contribution is 7.99. The highest BCUT2D eigenvalue weighted by Gasteiger charge is 2.15. The fourth-order valence-electron chi connectivity index (χ4n) is 2.56. The Bertz CT molecular complexity index is 336. The number of likely N-dealkylation sites (tertiary alicyclic amines) is 1. The van der Waals surface area contributed by atoms with Gasteiger partial charge >= 0.3 is 0 Å². The molecule has 0 aliphatic carbocycles. The molecule has 1 N–H and O–H groups in total. The van der Waals surface area contributed by atoms with Gasteiger partial charge in [-0.05, 0) is 45.0 Å². The van der Waals surface area contributed by atoms with Gasteiger partial charge in [0.1, 0.15) is 0 Å². The van der Waals surface area contributed by atoms with Crippen molar-refractivity contribution >= 4 is 11.8 Å². The lowest BCUT2D eigenvalue weighted by molar-refractivity contribution is 0.171. The van der Waals surface area contributed by atoms with Gasteiger partial charge in [0.15, 0.2) is 0 Å². The van der Waals surface area contributed by atoms with Crippen LogP contribution in [-0.4, -0.2) is 42.9 Å². The van der Waals surface area contributed by atoms with Crippen LogP contribution < -0.4 is 5.32 Å². The van der Waals surface area contributed by atoms with Gasteiger partial charge in [-0.1, -0.05) is 24.6 Å². The quantitative estimate of drug-likeness (QED) is 0.609. The monoisotopic (exact) mass is 278 g/mol. The second-order valence-corrected chi connectivity index (χ2v) is 6.48. The van der Waals surface area contributed by atoms with Crippen LogP contribution in [0.2, 0.25) is 0 Å². The van der Waals surface area contributed by atoms with E-state index in [2.05, 4.69) is 47.5 Å². The van der Waals surface area contributed by atoms with Crippen molar-refractivity contribution in [3.8, 4) is 0 Å². The predicted molar refractivity (Wildman–Crippen MR) is 84.9 cm³/mol. The molecule has 1 aromatic carbocycles. The van der Waals surface area contributed by atoms with Crippen molar-refractivity contribution in [2.24, 2.45) is 0 Å². The molecule has 1 aliphatic rings. The molecule has 0 radical (unpaired) electrons. The third-order valence-corrected chi connectivity index (χ3v) is 4.76. The minimum absolute atomic E-state index is 0.682. The number of thioether (sulfide) groups is 1. The van der Waals surface area contributed by atoms with E-state index < -0.39 is 0 Å². The molecule has 2 rings (SSSR count). The zero-order chi connectivity index (χ0) is 13.3. The predicted octanol–water partition coefficient (Wildman–Crippen LogP) is 3.24. The Morgan fingerprint density at radius 3 is 2.63 bits per heavy atom. The molecule has 0 amide bonds. The standard InChI is InChI=1S/C16H26N2S/c1-15(18-11-6-3-7-12-18)14-17-10-13-19-16-8-4-2-5-9-16/h2,4-5,8-9,15,17H,3,6-7,10-14H2,1H3. The van der Waals surface area contributed by atoms with Crippen molar-refractivity contribution in [2.45, 2.75) is 37.1 Å². The summed E-state index contributed by atoms with van der Waals surface area (Å²) >= 11 is 1.93. The molecule has 0 saturated carbocycles. The van der Waals surface area contributed by atoms with Crippen LogP contribution in [0, 0.1) is 0 Å². The van der Waals surface area contributed by atoms with Gasteiger partial charge < -0.3 is 5.32 Å². The molecule has 1 aliphatic heterocycles. The van der Waals surface area contributed by atoms with E-state index in [-0.39, 0.29) is 0 Å². The van der Waals surface area contributed by atoms with Gasteiger partial charge in [0.25, 0.3) is 0 Å². The van der Waals surface area contributed by atoms with Gasteiger partial charge in [0.05, 0.1) is 0 Å². The van der Waals surface area contributed by atoms with E-state index in [1.54, 1.807) is 0 Å². The van der Waals surface area contributed by atoms with Crippen molar-refractivity contribution < 1.29 is 0 Å². The number of hydrogen-bond donors (Lipinski definition) is 1. The molecule has 3 heteroatoms. The molecule has 1 saturated heterocycles. The Hall–Kier alpha value is -0.510. The summed E-state index contributed by atoms with van der Waals surface area (Å²) in [5.41, 5.74) is 0. The number of piperidine rings is 1. The fourth-order valence-corrected chi connectivity index (χ4v) is 3.39. The smallest absolute Gasteiger partial charge is 0.0192 e. The normalized spacial score (nSPS) is 18.4. The lowest BCUT2D eigenvalue weighted by Gasteiger charge is -2.32. The van der Waals surface area contributed by atoms with E-state index in [4.69, 9.17) is 0 Å². The Morgan fingerprint density at radius 1 is 1.16 bits per heavy atom. The Morgan fingerprint density at radius 2 is 1.89 bits per heavy atom. The largest absolute Gasteiger partial charge is 0.314 e. The minimum Gasteiger partial charge on any atom is -0.314 e. The van der Waals surface area contributed by atoms with Crippen LogP contribution in [0.3, 0.4) is 0 Å². The van der Waals surface area contributed by atoms with Crippen LogP contribution >= 0.6 is 11.8 Å². The third-order valence-electron chi connectivity index (χ3n) is 3.74. The van der Waals surface area contributed by atoms with E-state index in [1.165, 1.54) is 37.2 Å². The number of nitrogens with zero attached hydrogens (tertiary/aromatic N) is 1. The molecular weight excluding hydrogens is 252 g/mol. The molecule has 0 bridgehead atoms. The molecule has 1 heterocycles. The third kappa shape index (κ3) is 5.55. The van der Waals surface area contributed by atoms with Gasteiger partial charge in [0, 0.05) is 29.8 Å². The second-order valence-electron chi connectivity index (χ2n) is 5.31. The minimum atomic E-state index is 0.682. The molecule has 1 unspecified atom stereocenters. The van der Waals surface area contributed by atoms with Crippen molar-refractivity contribution in [3.05, 3.63) is 30.3 Å². The van der Waals surface area contributed by atoms with Crippen molar-refractivity contribution in [1.29, 1.82) is 0 Å². The molecule has 19 heavy (non-hydrogen) atoms. The summed E-state index contributed by atoms with van der Waals surface area (Å²) in [5.74, 6) is 1.15.